The van der Waals surface area contributed by atoms with Gasteiger partial charge in [-0.15, -0.1) is 0 Å². The molecule has 0 radical (unpaired) electrons. The largest absolute Gasteiger partial charge is 0.495 e. The molecule has 1 aliphatic carbocycles. The highest BCUT2D eigenvalue weighted by Gasteiger charge is 2.36. The van der Waals surface area contributed by atoms with E-state index >= 15 is 0 Å². The Morgan fingerprint density at radius 1 is 1.00 bits per heavy atom. The van der Waals surface area contributed by atoms with Gasteiger partial charge in [-0.2, -0.15) is 0 Å². The van der Waals surface area contributed by atoms with E-state index in [1.807, 2.05) is 49.3 Å². The number of nitrogens with one attached hydrogen (secondary N) is 1. The van der Waals surface area contributed by atoms with Gasteiger partial charge < -0.3 is 19.9 Å². The van der Waals surface area contributed by atoms with Crippen LogP contribution in [0.4, 0.5) is 5.69 Å². The van der Waals surface area contributed by atoms with Gasteiger partial charge in [0.2, 0.25) is 5.91 Å². The molecule has 6 nitrogen and oxygen atoms in total. The van der Waals surface area contributed by atoms with Crippen molar-refractivity contribution >= 4 is 17.5 Å². The number of hydrogen-bond donors (Lipinski definition) is 1. The van der Waals surface area contributed by atoms with E-state index in [4.69, 9.17) is 4.74 Å². The lowest BCUT2D eigenvalue weighted by molar-refractivity contribution is -0.127. The molecule has 2 aliphatic rings. The summed E-state index contributed by atoms with van der Waals surface area (Å²) in [6.07, 6.45) is 3.48. The second-order valence-electron chi connectivity index (χ2n) is 10.4. The number of methoxy groups -OCH3 is 1. The number of carbonyl (C=O) groups excluding carboxylic acids is 2. The monoisotopic (exact) mass is 497 g/mol. The summed E-state index contributed by atoms with van der Waals surface area (Å²) >= 11 is 0. The lowest BCUT2D eigenvalue weighted by atomic mass is 9.86. The van der Waals surface area contributed by atoms with Gasteiger partial charge in [-0.05, 0) is 66.6 Å². The molecule has 1 aliphatic heterocycles. The number of anilines is 1. The van der Waals surface area contributed by atoms with Gasteiger partial charge >= 0.3 is 0 Å². The lowest BCUT2D eigenvalue weighted by Crippen LogP contribution is -2.53. The minimum Gasteiger partial charge on any atom is -0.495 e. The topological polar surface area (TPSA) is 61.9 Å². The molecular formula is C31H35N3O3. The molecule has 3 aromatic carbocycles. The zero-order valence-electron chi connectivity index (χ0n) is 22.1. The van der Waals surface area contributed by atoms with Crippen LogP contribution in [0.1, 0.15) is 57.1 Å². The van der Waals surface area contributed by atoms with Crippen LogP contribution >= 0.6 is 0 Å². The Bertz CT molecular complexity index is 1330. The maximum absolute atomic E-state index is 13.9. The third-order valence-electron chi connectivity index (χ3n) is 7.65. The van der Waals surface area contributed by atoms with Crippen LogP contribution in [-0.4, -0.2) is 44.0 Å². The number of fused-ring (bicyclic) bond motifs is 2. The minimum absolute atomic E-state index is 0.0356. The highest BCUT2D eigenvalue weighted by molar-refractivity contribution is 5.99. The van der Waals surface area contributed by atoms with Gasteiger partial charge in [0, 0.05) is 32.6 Å². The highest BCUT2D eigenvalue weighted by atomic mass is 16.5. The molecule has 37 heavy (non-hydrogen) atoms. The Hall–Kier alpha value is -3.80. The van der Waals surface area contributed by atoms with Crippen molar-refractivity contribution in [1.82, 2.24) is 10.2 Å². The first-order valence-electron chi connectivity index (χ1n) is 13.0. The molecule has 0 fully saturated rings. The van der Waals surface area contributed by atoms with Crippen LogP contribution in [0, 0.1) is 6.92 Å². The third kappa shape index (κ3) is 4.93. The summed E-state index contributed by atoms with van der Waals surface area (Å²) in [5.41, 5.74) is 7.27. The SMILES string of the molecule is COc1ccc(C(=O)N2Cc3ccccc3CC2C(=O)NC2CCCc3ccc(C)cc32)cc1N(C)C. The fourth-order valence-corrected chi connectivity index (χ4v) is 5.65. The van der Waals surface area contributed by atoms with Crippen molar-refractivity contribution in [3.8, 4) is 5.75 Å². The second kappa shape index (κ2) is 10.3. The zero-order chi connectivity index (χ0) is 26.1. The Balaban J connectivity index is 1.46. The Morgan fingerprint density at radius 3 is 2.54 bits per heavy atom. The first kappa shape index (κ1) is 24.9. The molecule has 192 valence electrons. The molecule has 1 N–H and O–H groups in total. The molecule has 2 atom stereocenters. The van der Waals surface area contributed by atoms with Crippen LogP contribution in [0.25, 0.3) is 0 Å². The number of amides is 2. The highest BCUT2D eigenvalue weighted by Crippen LogP contribution is 2.33. The number of ether oxygens (including phenoxy) is 1. The van der Waals surface area contributed by atoms with Crippen molar-refractivity contribution in [3.05, 3.63) is 94.0 Å². The molecule has 3 aromatic rings. The number of nitrogens with zero attached hydrogens (tertiary/aromatic N) is 2. The molecule has 2 unspecified atom stereocenters. The molecule has 0 saturated carbocycles. The van der Waals surface area contributed by atoms with Gasteiger partial charge in [-0.25, -0.2) is 0 Å². The molecule has 6 heteroatoms. The van der Waals surface area contributed by atoms with Crippen LogP contribution < -0.4 is 15.0 Å². The zero-order valence-corrected chi connectivity index (χ0v) is 22.1. The number of carbonyl (C=O) groups is 2. The Labute approximate surface area is 219 Å². The summed E-state index contributed by atoms with van der Waals surface area (Å²) < 4.78 is 5.48. The maximum atomic E-state index is 13.9. The van der Waals surface area contributed by atoms with E-state index in [-0.39, 0.29) is 17.9 Å². The standard InChI is InChI=1S/C31H35N3O3/c1-20-12-13-21-10-7-11-26(25(21)16-20)32-30(35)28-17-22-8-5-6-9-24(22)19-34(28)31(36)23-14-15-29(37-4)27(18-23)33(2)3/h5-6,8-9,12-16,18,26,28H,7,10-11,17,19H2,1-4H3,(H,32,35). The summed E-state index contributed by atoms with van der Waals surface area (Å²) in [6.45, 7) is 2.49. The lowest BCUT2D eigenvalue weighted by Gasteiger charge is -2.37. The van der Waals surface area contributed by atoms with Crippen molar-refractivity contribution < 1.29 is 14.3 Å². The van der Waals surface area contributed by atoms with Gasteiger partial charge in [0.1, 0.15) is 11.8 Å². The van der Waals surface area contributed by atoms with Crippen molar-refractivity contribution in [2.45, 2.75) is 51.2 Å². The van der Waals surface area contributed by atoms with Gasteiger partial charge in [0.15, 0.2) is 0 Å². The number of aryl methyl sites for hydroxylation is 2. The van der Waals surface area contributed by atoms with Crippen LogP contribution in [0.2, 0.25) is 0 Å². The predicted molar refractivity (Wildman–Crippen MR) is 146 cm³/mol. The quantitative estimate of drug-likeness (QED) is 0.549. The van der Waals surface area contributed by atoms with Gasteiger partial charge in [0.25, 0.3) is 5.91 Å². The summed E-state index contributed by atoms with van der Waals surface area (Å²) in [4.78, 5) is 31.4. The maximum Gasteiger partial charge on any atom is 0.254 e. The fraction of sp³-hybridized carbons (Fsp3) is 0.355. The van der Waals surface area contributed by atoms with Crippen molar-refractivity contribution in [3.63, 3.8) is 0 Å². The van der Waals surface area contributed by atoms with E-state index < -0.39 is 6.04 Å². The Kier molecular flexibility index (Phi) is 6.92. The molecule has 0 saturated heterocycles. The van der Waals surface area contributed by atoms with E-state index in [0.29, 0.717) is 24.3 Å². The van der Waals surface area contributed by atoms with Crippen molar-refractivity contribution in [1.29, 1.82) is 0 Å². The van der Waals surface area contributed by atoms with Gasteiger partial charge in [-0.3, -0.25) is 9.59 Å². The fourth-order valence-electron chi connectivity index (χ4n) is 5.65. The van der Waals surface area contributed by atoms with E-state index in [9.17, 15) is 9.59 Å². The molecule has 5 rings (SSSR count). The summed E-state index contributed by atoms with van der Waals surface area (Å²) in [6, 6.07) is 19.4. The molecule has 2 amide bonds. The first-order valence-corrected chi connectivity index (χ1v) is 13.0. The van der Waals surface area contributed by atoms with Gasteiger partial charge in [0.05, 0.1) is 18.8 Å². The van der Waals surface area contributed by atoms with Crippen LogP contribution in [0.15, 0.2) is 60.7 Å². The Morgan fingerprint density at radius 2 is 1.78 bits per heavy atom. The first-order chi connectivity index (χ1) is 17.9. The summed E-state index contributed by atoms with van der Waals surface area (Å²) in [7, 11) is 5.46. The average Bonchev–Trinajstić information content (AvgIpc) is 2.91. The average molecular weight is 498 g/mol. The van der Waals surface area contributed by atoms with Crippen LogP contribution in [-0.2, 0) is 24.2 Å². The van der Waals surface area contributed by atoms with Crippen molar-refractivity contribution in [2.24, 2.45) is 0 Å². The van der Waals surface area contributed by atoms with Crippen LogP contribution in [0.3, 0.4) is 0 Å². The molecule has 1 heterocycles. The van der Waals surface area contributed by atoms with E-state index in [1.54, 1.807) is 18.1 Å². The number of rotatable bonds is 5. The summed E-state index contributed by atoms with van der Waals surface area (Å²) in [5, 5.41) is 3.33. The van der Waals surface area contributed by atoms with Crippen molar-refractivity contribution in [2.75, 3.05) is 26.1 Å². The second-order valence-corrected chi connectivity index (χ2v) is 10.4. The van der Waals surface area contributed by atoms with E-state index in [1.165, 1.54) is 16.7 Å². The molecule has 0 bridgehead atoms. The molecule has 0 aromatic heterocycles. The van der Waals surface area contributed by atoms with E-state index in [0.717, 1.165) is 36.1 Å². The van der Waals surface area contributed by atoms with Gasteiger partial charge in [-0.1, -0.05) is 48.0 Å². The third-order valence-corrected chi connectivity index (χ3v) is 7.65. The normalized spacial score (nSPS) is 18.4. The number of hydrogen-bond acceptors (Lipinski definition) is 4. The summed E-state index contributed by atoms with van der Waals surface area (Å²) in [5.74, 6) is 0.454. The smallest absolute Gasteiger partial charge is 0.254 e. The van der Waals surface area contributed by atoms with Crippen LogP contribution in [0.5, 0.6) is 5.75 Å². The predicted octanol–water partition coefficient (Wildman–Crippen LogP) is 4.83. The number of benzene rings is 3. The van der Waals surface area contributed by atoms with E-state index in [2.05, 4.69) is 36.5 Å². The minimum atomic E-state index is -0.581. The molecule has 0 spiro atoms. The molecular weight excluding hydrogens is 462 g/mol.